The summed E-state index contributed by atoms with van der Waals surface area (Å²) in [5.74, 6) is 0. The Labute approximate surface area is 56.8 Å². The number of hydrogen-bond donors (Lipinski definition) is 1. The van der Waals surface area contributed by atoms with Crippen molar-refractivity contribution in [3.8, 4) is 0 Å². The van der Waals surface area contributed by atoms with Crippen LogP contribution in [-0.2, 0) is 10.1 Å². The molecule has 58 valence electrons. The predicted octanol–water partition coefficient (Wildman–Crippen LogP) is 1.31. The van der Waals surface area contributed by atoms with Gasteiger partial charge in [-0.1, -0.05) is 14.4 Å². The van der Waals surface area contributed by atoms with Crippen LogP contribution in [0.1, 0.15) is 27.7 Å². The van der Waals surface area contributed by atoms with Gasteiger partial charge in [-0.2, -0.15) is 8.42 Å². The second-order valence-electron chi connectivity index (χ2n) is 1.73. The lowest BCUT2D eigenvalue weighted by molar-refractivity contribution is 0.468. The van der Waals surface area contributed by atoms with Crippen LogP contribution >= 0.6 is 0 Å². The van der Waals surface area contributed by atoms with E-state index in [4.69, 9.17) is 4.55 Å². The van der Waals surface area contributed by atoms with E-state index in [1.165, 1.54) is 6.92 Å². The van der Waals surface area contributed by atoms with Gasteiger partial charge < -0.3 is 0 Å². The molecule has 0 aromatic rings. The van der Waals surface area contributed by atoms with Crippen LogP contribution in [0.3, 0.4) is 0 Å². The van der Waals surface area contributed by atoms with Gasteiger partial charge >= 0.3 is 0 Å². The van der Waals surface area contributed by atoms with Crippen molar-refractivity contribution in [1.29, 1.82) is 0 Å². The molecule has 0 aliphatic rings. The molecule has 3 nitrogen and oxygen atoms in total. The maximum Gasteiger partial charge on any atom is 0.267 e. The van der Waals surface area contributed by atoms with Gasteiger partial charge in [-0.25, -0.2) is 0 Å². The third kappa shape index (κ3) is 4.42. The molecule has 9 heavy (non-hydrogen) atoms. The molecular formula is C5H14O3S. The monoisotopic (exact) mass is 154 g/mol. The molecule has 0 saturated heterocycles. The van der Waals surface area contributed by atoms with E-state index in [-0.39, 0.29) is 7.43 Å². The fourth-order valence-electron chi connectivity index (χ4n) is 0.211. The van der Waals surface area contributed by atoms with Crippen molar-refractivity contribution in [3.63, 3.8) is 0 Å². The highest BCUT2D eigenvalue weighted by Gasteiger charge is 2.13. The second kappa shape index (κ2) is 3.85. The summed E-state index contributed by atoms with van der Waals surface area (Å²) in [6.07, 6.45) is 0.457. The first-order chi connectivity index (χ1) is 3.48. The zero-order valence-corrected chi connectivity index (χ0v) is 5.77. The van der Waals surface area contributed by atoms with E-state index in [9.17, 15) is 8.42 Å². The van der Waals surface area contributed by atoms with Gasteiger partial charge in [0.25, 0.3) is 10.1 Å². The van der Waals surface area contributed by atoms with Gasteiger partial charge in [0, 0.05) is 0 Å². The van der Waals surface area contributed by atoms with Crippen LogP contribution in [0.25, 0.3) is 0 Å². The normalized spacial score (nSPS) is 14.1. The molecular weight excluding hydrogens is 140 g/mol. The van der Waals surface area contributed by atoms with Crippen molar-refractivity contribution < 1.29 is 13.0 Å². The lowest BCUT2D eigenvalue weighted by atomic mass is 10.4. The van der Waals surface area contributed by atoms with E-state index in [1.54, 1.807) is 6.92 Å². The largest absolute Gasteiger partial charge is 0.285 e. The standard InChI is InChI=1S/C4H10O3S.CH4/c1-3-4(2)8(5,6)7;/h4H,3H2,1-2H3,(H,5,6,7);1H4. The minimum absolute atomic E-state index is 0. The van der Waals surface area contributed by atoms with Gasteiger partial charge in [-0.15, -0.1) is 0 Å². The average Bonchev–Trinajstić information content (AvgIpc) is 1.62. The summed E-state index contributed by atoms with van der Waals surface area (Å²) in [4.78, 5) is 0. The maximum absolute atomic E-state index is 10.1. The van der Waals surface area contributed by atoms with Gasteiger partial charge in [-0.3, -0.25) is 4.55 Å². The topological polar surface area (TPSA) is 54.4 Å². The first-order valence-corrected chi connectivity index (χ1v) is 3.95. The van der Waals surface area contributed by atoms with Crippen LogP contribution in [0.5, 0.6) is 0 Å². The average molecular weight is 154 g/mol. The SMILES string of the molecule is C.CCC(C)S(=O)(=O)O. The fraction of sp³-hybridized carbons (Fsp3) is 1.00. The molecule has 0 amide bonds. The fourth-order valence-corrected chi connectivity index (χ4v) is 0.632. The molecule has 0 aromatic carbocycles. The van der Waals surface area contributed by atoms with Crippen LogP contribution in [-0.4, -0.2) is 18.2 Å². The smallest absolute Gasteiger partial charge is 0.267 e. The second-order valence-corrected chi connectivity index (χ2v) is 3.57. The summed E-state index contributed by atoms with van der Waals surface area (Å²) in [7, 11) is -3.75. The molecule has 0 aliphatic heterocycles. The molecule has 0 fully saturated rings. The minimum atomic E-state index is -3.75. The van der Waals surface area contributed by atoms with Gasteiger partial charge in [0.2, 0.25) is 0 Å². The molecule has 1 N–H and O–H groups in total. The summed E-state index contributed by atoms with van der Waals surface area (Å²) < 4.78 is 28.5. The van der Waals surface area contributed by atoms with Crippen LogP contribution in [0.2, 0.25) is 0 Å². The highest BCUT2D eigenvalue weighted by molar-refractivity contribution is 7.86. The Bertz CT molecular complexity index is 148. The molecule has 4 heteroatoms. The van der Waals surface area contributed by atoms with E-state index < -0.39 is 15.4 Å². The third-order valence-electron chi connectivity index (χ3n) is 1.08. The van der Waals surface area contributed by atoms with Gasteiger partial charge in [-0.05, 0) is 13.3 Å². The highest BCUT2D eigenvalue weighted by Crippen LogP contribution is 1.99. The summed E-state index contributed by atoms with van der Waals surface area (Å²) in [6.45, 7) is 3.17. The summed E-state index contributed by atoms with van der Waals surface area (Å²) >= 11 is 0. The minimum Gasteiger partial charge on any atom is -0.285 e. The first-order valence-electron chi connectivity index (χ1n) is 2.44. The van der Waals surface area contributed by atoms with Crippen molar-refractivity contribution in [2.24, 2.45) is 0 Å². The molecule has 0 rings (SSSR count). The van der Waals surface area contributed by atoms with Crippen molar-refractivity contribution in [3.05, 3.63) is 0 Å². The third-order valence-corrected chi connectivity index (χ3v) is 2.43. The van der Waals surface area contributed by atoms with E-state index in [1.807, 2.05) is 0 Å². The summed E-state index contributed by atoms with van der Waals surface area (Å²) in [5.41, 5.74) is 0. The lowest BCUT2D eigenvalue weighted by Crippen LogP contribution is -2.14. The van der Waals surface area contributed by atoms with Gasteiger partial charge in [0.1, 0.15) is 0 Å². The zero-order chi connectivity index (χ0) is 6.78. The van der Waals surface area contributed by atoms with Crippen LogP contribution in [0.4, 0.5) is 0 Å². The Morgan fingerprint density at radius 3 is 1.89 bits per heavy atom. The molecule has 0 spiro atoms. The van der Waals surface area contributed by atoms with Crippen molar-refractivity contribution in [1.82, 2.24) is 0 Å². The Kier molecular flexibility index (Phi) is 4.99. The molecule has 1 atom stereocenters. The van der Waals surface area contributed by atoms with Crippen LogP contribution in [0, 0.1) is 0 Å². The summed E-state index contributed by atoms with van der Waals surface area (Å²) in [6, 6.07) is 0. The Morgan fingerprint density at radius 2 is 1.89 bits per heavy atom. The molecule has 0 bridgehead atoms. The molecule has 0 saturated carbocycles. The highest BCUT2D eigenvalue weighted by atomic mass is 32.2. The van der Waals surface area contributed by atoms with Crippen molar-refractivity contribution in [2.45, 2.75) is 32.9 Å². The Morgan fingerprint density at radius 1 is 1.56 bits per heavy atom. The van der Waals surface area contributed by atoms with E-state index in [2.05, 4.69) is 0 Å². The van der Waals surface area contributed by atoms with Crippen molar-refractivity contribution >= 4 is 10.1 Å². The van der Waals surface area contributed by atoms with Gasteiger partial charge in [0.15, 0.2) is 0 Å². The van der Waals surface area contributed by atoms with Crippen LogP contribution < -0.4 is 0 Å². The molecule has 0 aromatic heterocycles. The maximum atomic E-state index is 10.1. The molecule has 0 aliphatic carbocycles. The molecule has 0 heterocycles. The van der Waals surface area contributed by atoms with Gasteiger partial charge in [0.05, 0.1) is 5.25 Å². The number of rotatable bonds is 2. The van der Waals surface area contributed by atoms with E-state index in [0.29, 0.717) is 6.42 Å². The van der Waals surface area contributed by atoms with Crippen molar-refractivity contribution in [2.75, 3.05) is 0 Å². The Hall–Kier alpha value is -0.0900. The summed E-state index contributed by atoms with van der Waals surface area (Å²) in [5, 5.41) is -0.623. The first kappa shape index (κ1) is 11.7. The van der Waals surface area contributed by atoms with E-state index in [0.717, 1.165) is 0 Å². The molecule has 1 unspecified atom stereocenters. The molecule has 0 radical (unpaired) electrons. The Balaban J connectivity index is 0. The van der Waals surface area contributed by atoms with E-state index >= 15 is 0 Å². The number of hydrogen-bond acceptors (Lipinski definition) is 2. The quantitative estimate of drug-likeness (QED) is 0.610. The van der Waals surface area contributed by atoms with Crippen LogP contribution in [0.15, 0.2) is 0 Å². The lowest BCUT2D eigenvalue weighted by Gasteiger charge is -2.00. The predicted molar refractivity (Wildman–Crippen MR) is 38.0 cm³/mol. The zero-order valence-electron chi connectivity index (χ0n) is 4.96.